The Balaban J connectivity index is 1.46. The molecule has 1 aromatic carbocycles. The summed E-state index contributed by atoms with van der Waals surface area (Å²) in [6.45, 7) is 10.8. The number of aliphatic imine (C=N–C) groups is 1. The van der Waals surface area contributed by atoms with E-state index >= 15 is 0 Å². The zero-order valence-corrected chi connectivity index (χ0v) is 19.0. The summed E-state index contributed by atoms with van der Waals surface area (Å²) in [5.41, 5.74) is 2.52. The van der Waals surface area contributed by atoms with Crippen LogP contribution in [0.2, 0.25) is 0 Å². The molecule has 0 aliphatic carbocycles. The number of nitrogens with zero attached hydrogens (tertiary/aromatic N) is 2. The van der Waals surface area contributed by atoms with Crippen LogP contribution in [0.5, 0.6) is 0 Å². The Kier molecular flexibility index (Phi) is 7.75. The first kappa shape index (κ1) is 22.6. The van der Waals surface area contributed by atoms with Gasteiger partial charge >= 0.3 is 0 Å². The van der Waals surface area contributed by atoms with Gasteiger partial charge < -0.3 is 20.3 Å². The highest BCUT2D eigenvalue weighted by Crippen LogP contribution is 2.33. The van der Waals surface area contributed by atoms with E-state index in [1.54, 1.807) is 0 Å². The van der Waals surface area contributed by atoms with Crippen molar-refractivity contribution in [1.82, 2.24) is 15.5 Å². The highest BCUT2D eigenvalue weighted by Gasteiger charge is 2.35. The lowest BCUT2D eigenvalue weighted by Gasteiger charge is -2.40. The van der Waals surface area contributed by atoms with Crippen molar-refractivity contribution in [3.8, 4) is 0 Å². The van der Waals surface area contributed by atoms with Crippen molar-refractivity contribution in [2.75, 3.05) is 26.7 Å². The van der Waals surface area contributed by atoms with Gasteiger partial charge in [0.1, 0.15) is 0 Å². The average molecular weight is 415 g/mol. The van der Waals surface area contributed by atoms with E-state index < -0.39 is 0 Å². The van der Waals surface area contributed by atoms with Crippen molar-refractivity contribution in [3.63, 3.8) is 0 Å². The van der Waals surface area contributed by atoms with Crippen LogP contribution in [0.1, 0.15) is 57.6 Å². The van der Waals surface area contributed by atoms with Crippen molar-refractivity contribution < 1.29 is 9.53 Å². The SMILES string of the molecule is CN=C(NCc1ccc(CN2CCCC2=O)cc1)NCC1CCCOC1C(C)(C)C. The summed E-state index contributed by atoms with van der Waals surface area (Å²) in [4.78, 5) is 18.1. The number of likely N-dealkylation sites (tertiary alicyclic amines) is 1. The lowest BCUT2D eigenvalue weighted by atomic mass is 9.78. The molecular weight excluding hydrogens is 376 g/mol. The normalized spacial score (nSPS) is 23.0. The molecule has 1 aromatic rings. The minimum absolute atomic E-state index is 0.144. The predicted octanol–water partition coefficient (Wildman–Crippen LogP) is 3.32. The van der Waals surface area contributed by atoms with Gasteiger partial charge in [0.15, 0.2) is 5.96 Å². The number of nitrogens with one attached hydrogen (secondary N) is 2. The van der Waals surface area contributed by atoms with Crippen molar-refractivity contribution in [1.29, 1.82) is 0 Å². The van der Waals surface area contributed by atoms with Gasteiger partial charge in [-0.05, 0) is 35.8 Å². The summed E-state index contributed by atoms with van der Waals surface area (Å²) < 4.78 is 6.09. The first-order chi connectivity index (χ1) is 14.4. The van der Waals surface area contributed by atoms with E-state index in [1.165, 1.54) is 17.5 Å². The van der Waals surface area contributed by atoms with E-state index in [1.807, 2.05) is 11.9 Å². The molecule has 2 aliphatic heterocycles. The lowest BCUT2D eigenvalue weighted by Crippen LogP contribution is -2.47. The van der Waals surface area contributed by atoms with Crippen LogP contribution in [-0.2, 0) is 22.6 Å². The number of carbonyl (C=O) groups excluding carboxylic acids is 1. The van der Waals surface area contributed by atoms with Gasteiger partial charge in [0, 0.05) is 52.2 Å². The molecule has 1 amide bonds. The topological polar surface area (TPSA) is 66.0 Å². The molecule has 2 heterocycles. The van der Waals surface area contributed by atoms with Crippen LogP contribution in [0.4, 0.5) is 0 Å². The van der Waals surface area contributed by atoms with Gasteiger partial charge in [0.25, 0.3) is 0 Å². The first-order valence-electron chi connectivity index (χ1n) is 11.3. The molecule has 2 unspecified atom stereocenters. The van der Waals surface area contributed by atoms with Gasteiger partial charge in [-0.3, -0.25) is 9.79 Å². The monoisotopic (exact) mass is 414 g/mol. The van der Waals surface area contributed by atoms with Gasteiger partial charge in [-0.25, -0.2) is 0 Å². The summed E-state index contributed by atoms with van der Waals surface area (Å²) in [5.74, 6) is 1.58. The number of benzene rings is 1. The molecule has 0 radical (unpaired) electrons. The van der Waals surface area contributed by atoms with E-state index in [0.29, 0.717) is 25.4 Å². The molecule has 166 valence electrons. The van der Waals surface area contributed by atoms with Crippen LogP contribution in [0.25, 0.3) is 0 Å². The molecule has 2 aliphatic rings. The number of rotatable bonds is 6. The molecule has 6 heteroatoms. The van der Waals surface area contributed by atoms with Gasteiger partial charge in [-0.1, -0.05) is 45.0 Å². The molecular formula is C24H38N4O2. The number of amides is 1. The van der Waals surface area contributed by atoms with Crippen LogP contribution in [0.3, 0.4) is 0 Å². The van der Waals surface area contributed by atoms with Crippen LogP contribution in [0.15, 0.2) is 29.3 Å². The Morgan fingerprint density at radius 3 is 2.53 bits per heavy atom. The minimum Gasteiger partial charge on any atom is -0.377 e. The van der Waals surface area contributed by atoms with Crippen LogP contribution in [0, 0.1) is 11.3 Å². The molecule has 3 rings (SSSR count). The zero-order chi connectivity index (χ0) is 21.6. The molecule has 0 bridgehead atoms. The molecule has 2 N–H and O–H groups in total. The summed E-state index contributed by atoms with van der Waals surface area (Å²) in [6, 6.07) is 8.49. The van der Waals surface area contributed by atoms with Gasteiger partial charge in [-0.2, -0.15) is 0 Å². The van der Waals surface area contributed by atoms with Gasteiger partial charge in [0.2, 0.25) is 5.91 Å². The van der Waals surface area contributed by atoms with Crippen molar-refractivity contribution in [2.45, 2.75) is 65.6 Å². The molecule has 2 fully saturated rings. The van der Waals surface area contributed by atoms with Crippen molar-refractivity contribution in [3.05, 3.63) is 35.4 Å². The van der Waals surface area contributed by atoms with Crippen LogP contribution >= 0.6 is 0 Å². The Morgan fingerprint density at radius 1 is 1.17 bits per heavy atom. The fraction of sp³-hybridized carbons (Fsp3) is 0.667. The Bertz CT molecular complexity index is 724. The quantitative estimate of drug-likeness (QED) is 0.554. The summed E-state index contributed by atoms with van der Waals surface area (Å²) >= 11 is 0. The molecule has 6 nitrogen and oxygen atoms in total. The standard InChI is InChI=1S/C24H38N4O2/c1-24(2,3)22-20(7-6-14-30-22)16-27-23(25-4)26-15-18-9-11-19(12-10-18)17-28-13-5-8-21(28)29/h9-12,20,22H,5-8,13-17H2,1-4H3,(H2,25,26,27). The van der Waals surface area contributed by atoms with Crippen molar-refractivity contribution >= 4 is 11.9 Å². The van der Waals surface area contributed by atoms with Crippen LogP contribution < -0.4 is 10.6 Å². The second-order valence-electron chi connectivity index (χ2n) is 9.60. The Labute approximate surface area is 181 Å². The fourth-order valence-electron chi connectivity index (χ4n) is 4.50. The van der Waals surface area contributed by atoms with Crippen LogP contribution in [-0.4, -0.2) is 49.6 Å². The zero-order valence-electron chi connectivity index (χ0n) is 19.0. The summed E-state index contributed by atoms with van der Waals surface area (Å²) in [7, 11) is 1.81. The van der Waals surface area contributed by atoms with Crippen molar-refractivity contribution in [2.24, 2.45) is 16.3 Å². The minimum atomic E-state index is 0.144. The molecule has 2 atom stereocenters. The van der Waals surface area contributed by atoms with Gasteiger partial charge in [0.05, 0.1) is 6.10 Å². The molecule has 0 spiro atoms. The summed E-state index contributed by atoms with van der Waals surface area (Å²) in [6.07, 6.45) is 4.26. The molecule has 0 aromatic heterocycles. The largest absolute Gasteiger partial charge is 0.377 e. The predicted molar refractivity (Wildman–Crippen MR) is 121 cm³/mol. The second-order valence-corrected chi connectivity index (χ2v) is 9.60. The molecule has 30 heavy (non-hydrogen) atoms. The third-order valence-electron chi connectivity index (χ3n) is 6.08. The fourth-order valence-corrected chi connectivity index (χ4v) is 4.50. The average Bonchev–Trinajstić information content (AvgIpc) is 3.13. The number of guanidine groups is 1. The third kappa shape index (κ3) is 6.21. The van der Waals surface area contributed by atoms with E-state index in [9.17, 15) is 4.79 Å². The third-order valence-corrected chi connectivity index (χ3v) is 6.08. The number of ether oxygens (including phenoxy) is 1. The highest BCUT2D eigenvalue weighted by molar-refractivity contribution is 5.79. The van der Waals surface area contributed by atoms with E-state index in [4.69, 9.17) is 4.74 Å². The van der Waals surface area contributed by atoms with Gasteiger partial charge in [-0.15, -0.1) is 0 Å². The number of hydrogen-bond acceptors (Lipinski definition) is 3. The van der Waals surface area contributed by atoms with E-state index in [-0.39, 0.29) is 17.4 Å². The number of hydrogen-bond donors (Lipinski definition) is 2. The Hall–Kier alpha value is -2.08. The lowest BCUT2D eigenvalue weighted by molar-refractivity contribution is -0.128. The van der Waals surface area contributed by atoms with E-state index in [2.05, 4.69) is 60.7 Å². The maximum Gasteiger partial charge on any atom is 0.222 e. The highest BCUT2D eigenvalue weighted by atomic mass is 16.5. The Morgan fingerprint density at radius 2 is 1.90 bits per heavy atom. The van der Waals surface area contributed by atoms with E-state index in [0.717, 1.165) is 38.5 Å². The maximum atomic E-state index is 11.8. The summed E-state index contributed by atoms with van der Waals surface area (Å²) in [5, 5.41) is 6.90. The molecule has 0 saturated carbocycles. The number of carbonyl (C=O) groups is 1. The maximum absolute atomic E-state index is 11.8. The second kappa shape index (κ2) is 10.3. The smallest absolute Gasteiger partial charge is 0.222 e. The molecule has 2 saturated heterocycles. The first-order valence-corrected chi connectivity index (χ1v) is 11.3.